The molecule has 34 heavy (non-hydrogen) atoms. The summed E-state index contributed by atoms with van der Waals surface area (Å²) in [5.74, 6) is 0.195. The van der Waals surface area contributed by atoms with E-state index in [1.807, 2.05) is 0 Å². The highest BCUT2D eigenvalue weighted by Gasteiger charge is 2.28. The maximum Gasteiger partial charge on any atom is 0.242 e. The molecule has 5 nitrogen and oxygen atoms in total. The zero-order chi connectivity index (χ0) is 24.3. The molecule has 1 aliphatic carbocycles. The molecule has 1 aromatic heterocycles. The van der Waals surface area contributed by atoms with E-state index in [0.29, 0.717) is 19.5 Å². The smallest absolute Gasteiger partial charge is 0.242 e. The van der Waals surface area contributed by atoms with Crippen molar-refractivity contribution in [3.63, 3.8) is 0 Å². The first-order valence-corrected chi connectivity index (χ1v) is 13.8. The molecule has 6 heteroatoms. The first-order valence-electron chi connectivity index (χ1n) is 13.0. The minimum atomic E-state index is 0.0848. The van der Waals surface area contributed by atoms with Gasteiger partial charge >= 0.3 is 0 Å². The fourth-order valence-corrected chi connectivity index (χ4v) is 5.09. The van der Waals surface area contributed by atoms with Crippen LogP contribution < -0.4 is 0 Å². The van der Waals surface area contributed by atoms with Gasteiger partial charge in [-0.25, -0.2) is 0 Å². The van der Waals surface area contributed by atoms with E-state index in [1.54, 1.807) is 4.90 Å². The van der Waals surface area contributed by atoms with Crippen LogP contribution in [-0.4, -0.2) is 45.3 Å². The Labute approximate surface area is 213 Å². The lowest BCUT2D eigenvalue weighted by Crippen LogP contribution is -2.47. The Balaban J connectivity index is 1.76. The summed E-state index contributed by atoms with van der Waals surface area (Å²) in [6.07, 6.45) is 11.0. The lowest BCUT2D eigenvalue weighted by molar-refractivity contribution is -0.143. The zero-order valence-electron chi connectivity index (χ0n) is 20.8. The van der Waals surface area contributed by atoms with Crippen molar-refractivity contribution in [2.45, 2.75) is 90.8 Å². The van der Waals surface area contributed by atoms with E-state index in [-0.39, 0.29) is 24.4 Å². The van der Waals surface area contributed by atoms with E-state index >= 15 is 0 Å². The Kier molecular flexibility index (Phi) is 10.7. The van der Waals surface area contributed by atoms with Crippen LogP contribution in [0.4, 0.5) is 0 Å². The quantitative estimate of drug-likeness (QED) is 0.319. The van der Waals surface area contributed by atoms with Gasteiger partial charge in [0.05, 0.1) is 13.1 Å². The second-order valence-corrected chi connectivity index (χ2v) is 10.4. The SMILES string of the molecule is CCCCC(=O)N(CCC)CC(=O)N(Cc1cccn1Cc1ccc(Br)cc1)C1CCCCC1. The van der Waals surface area contributed by atoms with E-state index in [4.69, 9.17) is 0 Å². The summed E-state index contributed by atoms with van der Waals surface area (Å²) in [6, 6.07) is 12.8. The van der Waals surface area contributed by atoms with Crippen LogP contribution in [0.25, 0.3) is 0 Å². The second-order valence-electron chi connectivity index (χ2n) is 9.49. The molecule has 1 heterocycles. The van der Waals surface area contributed by atoms with Crippen molar-refractivity contribution in [1.82, 2.24) is 14.4 Å². The fraction of sp³-hybridized carbons (Fsp3) is 0.571. The van der Waals surface area contributed by atoms with Gasteiger partial charge in [-0.3, -0.25) is 9.59 Å². The lowest BCUT2D eigenvalue weighted by Gasteiger charge is -2.36. The summed E-state index contributed by atoms with van der Waals surface area (Å²) in [6.45, 7) is 6.37. The van der Waals surface area contributed by atoms with Crippen LogP contribution in [0.15, 0.2) is 47.1 Å². The largest absolute Gasteiger partial charge is 0.345 e. The first-order chi connectivity index (χ1) is 16.5. The molecule has 0 bridgehead atoms. The van der Waals surface area contributed by atoms with Gasteiger partial charge in [-0.1, -0.05) is 67.6 Å². The minimum absolute atomic E-state index is 0.0848. The Morgan fingerprint density at radius 3 is 2.41 bits per heavy atom. The predicted octanol–water partition coefficient (Wildman–Crippen LogP) is 6.39. The molecule has 2 aromatic rings. The van der Waals surface area contributed by atoms with Gasteiger partial charge in [0.2, 0.25) is 11.8 Å². The van der Waals surface area contributed by atoms with Crippen LogP contribution >= 0.6 is 15.9 Å². The third-order valence-corrected chi connectivity index (χ3v) is 7.30. The number of hydrogen-bond donors (Lipinski definition) is 0. The topological polar surface area (TPSA) is 45.6 Å². The van der Waals surface area contributed by atoms with Gasteiger partial charge in [0.15, 0.2) is 0 Å². The Morgan fingerprint density at radius 1 is 1.00 bits per heavy atom. The highest BCUT2D eigenvalue weighted by atomic mass is 79.9. The molecular formula is C28H40BrN3O2. The highest BCUT2D eigenvalue weighted by molar-refractivity contribution is 9.10. The van der Waals surface area contributed by atoms with Crippen LogP contribution in [0.3, 0.4) is 0 Å². The van der Waals surface area contributed by atoms with Gasteiger partial charge in [0.1, 0.15) is 0 Å². The normalized spacial score (nSPS) is 14.2. The number of amides is 2. The van der Waals surface area contributed by atoms with E-state index < -0.39 is 0 Å². The summed E-state index contributed by atoms with van der Waals surface area (Å²) in [7, 11) is 0. The number of unbranched alkanes of at least 4 members (excludes halogenated alkanes) is 1. The molecule has 0 radical (unpaired) electrons. The first kappa shape index (κ1) is 26.5. The number of carbonyl (C=O) groups excluding carboxylic acids is 2. The van der Waals surface area contributed by atoms with Gasteiger partial charge in [-0.2, -0.15) is 0 Å². The molecule has 0 N–H and O–H groups in total. The monoisotopic (exact) mass is 529 g/mol. The Bertz CT molecular complexity index is 903. The summed E-state index contributed by atoms with van der Waals surface area (Å²) in [5, 5.41) is 0. The number of hydrogen-bond acceptors (Lipinski definition) is 2. The van der Waals surface area contributed by atoms with Gasteiger partial charge in [-0.05, 0) is 55.5 Å². The zero-order valence-corrected chi connectivity index (χ0v) is 22.4. The van der Waals surface area contributed by atoms with Crippen molar-refractivity contribution in [3.8, 4) is 0 Å². The maximum atomic E-state index is 13.7. The third-order valence-electron chi connectivity index (χ3n) is 6.77. The number of nitrogens with zero attached hydrogens (tertiary/aromatic N) is 3. The molecular weight excluding hydrogens is 490 g/mol. The van der Waals surface area contributed by atoms with Crippen LogP contribution in [0.1, 0.15) is 82.9 Å². The van der Waals surface area contributed by atoms with Gasteiger partial charge < -0.3 is 14.4 Å². The highest BCUT2D eigenvalue weighted by Crippen LogP contribution is 2.25. The number of aromatic nitrogens is 1. The second kappa shape index (κ2) is 13.7. The van der Waals surface area contributed by atoms with E-state index in [0.717, 1.165) is 48.8 Å². The van der Waals surface area contributed by atoms with Crippen molar-refractivity contribution < 1.29 is 9.59 Å². The van der Waals surface area contributed by atoms with E-state index in [2.05, 4.69) is 81.8 Å². The average molecular weight is 531 g/mol. The molecule has 1 aliphatic rings. The van der Waals surface area contributed by atoms with Crippen molar-refractivity contribution >= 4 is 27.7 Å². The molecule has 0 saturated heterocycles. The minimum Gasteiger partial charge on any atom is -0.345 e. The van der Waals surface area contributed by atoms with Gasteiger partial charge in [-0.15, -0.1) is 0 Å². The van der Waals surface area contributed by atoms with Crippen molar-refractivity contribution in [3.05, 3.63) is 58.3 Å². The fourth-order valence-electron chi connectivity index (χ4n) is 4.82. The Hall–Kier alpha value is -2.08. The summed E-state index contributed by atoms with van der Waals surface area (Å²) in [5.41, 5.74) is 2.37. The van der Waals surface area contributed by atoms with Crippen LogP contribution in [0.2, 0.25) is 0 Å². The maximum absolute atomic E-state index is 13.7. The third kappa shape index (κ3) is 7.72. The summed E-state index contributed by atoms with van der Waals surface area (Å²) in [4.78, 5) is 30.3. The molecule has 0 aliphatic heterocycles. The number of halogens is 1. The number of benzene rings is 1. The predicted molar refractivity (Wildman–Crippen MR) is 141 cm³/mol. The molecule has 0 atom stereocenters. The number of carbonyl (C=O) groups is 2. The van der Waals surface area contributed by atoms with Crippen LogP contribution in [-0.2, 0) is 22.7 Å². The van der Waals surface area contributed by atoms with Crippen molar-refractivity contribution in [2.24, 2.45) is 0 Å². The summed E-state index contributed by atoms with van der Waals surface area (Å²) < 4.78 is 3.31. The molecule has 1 fully saturated rings. The van der Waals surface area contributed by atoms with Crippen molar-refractivity contribution in [2.75, 3.05) is 13.1 Å². The average Bonchev–Trinajstić information content (AvgIpc) is 3.29. The van der Waals surface area contributed by atoms with Crippen LogP contribution in [0, 0.1) is 0 Å². The van der Waals surface area contributed by atoms with Gasteiger partial charge in [0.25, 0.3) is 0 Å². The number of rotatable bonds is 12. The van der Waals surface area contributed by atoms with E-state index in [9.17, 15) is 9.59 Å². The molecule has 0 unspecified atom stereocenters. The molecule has 1 aromatic carbocycles. The molecule has 2 amide bonds. The summed E-state index contributed by atoms with van der Waals surface area (Å²) >= 11 is 3.51. The van der Waals surface area contributed by atoms with Gasteiger partial charge in [0, 0.05) is 41.9 Å². The molecule has 3 rings (SSSR count). The lowest BCUT2D eigenvalue weighted by atomic mass is 9.94. The molecule has 0 spiro atoms. The molecule has 186 valence electrons. The van der Waals surface area contributed by atoms with E-state index in [1.165, 1.54) is 24.8 Å². The van der Waals surface area contributed by atoms with Crippen LogP contribution in [0.5, 0.6) is 0 Å². The molecule has 1 saturated carbocycles. The van der Waals surface area contributed by atoms with Crippen molar-refractivity contribution in [1.29, 1.82) is 0 Å². The standard InChI is InChI=1S/C28H40BrN3O2/c1-3-5-13-27(33)31(18-4-2)22-28(34)32(25-10-7-6-8-11-25)21-26-12-9-19-30(26)20-23-14-16-24(29)17-15-23/h9,12,14-17,19,25H,3-8,10-11,13,18,20-22H2,1-2H3. The Morgan fingerprint density at radius 2 is 1.74 bits per heavy atom.